The topological polar surface area (TPSA) is 95.2 Å². The first-order chi connectivity index (χ1) is 12.6. The number of aromatic amines is 1. The molecular weight excluding hydrogens is 332 g/mol. The van der Waals surface area contributed by atoms with E-state index in [1.54, 1.807) is 4.90 Å². The predicted octanol–water partition coefficient (Wildman–Crippen LogP) is 1.85. The van der Waals surface area contributed by atoms with Gasteiger partial charge in [-0.15, -0.1) is 0 Å². The van der Waals surface area contributed by atoms with Crippen LogP contribution in [0.2, 0.25) is 0 Å². The van der Waals surface area contributed by atoms with Crippen LogP contribution in [0.25, 0.3) is 0 Å². The second kappa shape index (κ2) is 8.96. The Labute approximate surface area is 153 Å². The molecule has 1 aliphatic carbocycles. The van der Waals surface area contributed by atoms with Crippen LogP contribution in [0.5, 0.6) is 0 Å². The lowest BCUT2D eigenvalue weighted by Gasteiger charge is -2.32. The van der Waals surface area contributed by atoms with Crippen LogP contribution >= 0.6 is 0 Å². The fraction of sp³-hybridized carbons (Fsp3) is 0.684. The molecule has 7 heteroatoms. The molecule has 1 aromatic rings. The lowest BCUT2D eigenvalue weighted by Crippen LogP contribution is -2.46. The Kier molecular flexibility index (Phi) is 6.41. The van der Waals surface area contributed by atoms with Gasteiger partial charge in [0.15, 0.2) is 0 Å². The molecule has 1 saturated heterocycles. The van der Waals surface area contributed by atoms with Crippen molar-refractivity contribution in [2.75, 3.05) is 13.1 Å². The highest BCUT2D eigenvalue weighted by molar-refractivity contribution is 5.92. The molecule has 2 fully saturated rings. The average molecular weight is 360 g/mol. The largest absolute Gasteiger partial charge is 0.353 e. The zero-order valence-electron chi connectivity index (χ0n) is 15.2. The van der Waals surface area contributed by atoms with Gasteiger partial charge in [-0.2, -0.15) is 5.10 Å². The van der Waals surface area contributed by atoms with Gasteiger partial charge in [-0.1, -0.05) is 32.1 Å². The van der Waals surface area contributed by atoms with Gasteiger partial charge in [-0.05, 0) is 31.2 Å². The Morgan fingerprint density at radius 3 is 2.50 bits per heavy atom. The maximum atomic E-state index is 12.4. The van der Waals surface area contributed by atoms with E-state index < -0.39 is 0 Å². The van der Waals surface area contributed by atoms with Gasteiger partial charge in [-0.25, -0.2) is 5.10 Å². The van der Waals surface area contributed by atoms with Crippen LogP contribution in [-0.2, 0) is 4.79 Å². The van der Waals surface area contributed by atoms with E-state index in [0.717, 1.165) is 25.2 Å². The molecule has 2 amide bonds. The lowest BCUT2D eigenvalue weighted by atomic mass is 9.86. The molecule has 2 aliphatic rings. The van der Waals surface area contributed by atoms with Crippen LogP contribution in [0.1, 0.15) is 68.3 Å². The molecule has 7 nitrogen and oxygen atoms in total. The van der Waals surface area contributed by atoms with Gasteiger partial charge in [0.25, 0.3) is 11.5 Å². The molecule has 0 aromatic carbocycles. The van der Waals surface area contributed by atoms with Gasteiger partial charge in [-0.3, -0.25) is 14.4 Å². The monoisotopic (exact) mass is 360 g/mol. The van der Waals surface area contributed by atoms with Gasteiger partial charge in [0.2, 0.25) is 5.91 Å². The fourth-order valence-electron chi connectivity index (χ4n) is 3.96. The van der Waals surface area contributed by atoms with Crippen molar-refractivity contribution in [2.24, 2.45) is 5.92 Å². The fourth-order valence-corrected chi connectivity index (χ4v) is 3.96. The average Bonchev–Trinajstić information content (AvgIpc) is 2.68. The number of carbonyl (C=O) groups excluding carboxylic acids is 2. The number of nitrogens with one attached hydrogen (secondary N) is 2. The number of carbonyl (C=O) groups is 2. The molecule has 142 valence electrons. The van der Waals surface area contributed by atoms with E-state index in [2.05, 4.69) is 15.5 Å². The minimum absolute atomic E-state index is 0.140. The van der Waals surface area contributed by atoms with Crippen molar-refractivity contribution in [3.05, 3.63) is 28.2 Å². The van der Waals surface area contributed by atoms with Crippen molar-refractivity contribution in [1.82, 2.24) is 20.4 Å². The normalized spacial score (nSPS) is 19.3. The van der Waals surface area contributed by atoms with Crippen molar-refractivity contribution in [3.8, 4) is 0 Å². The number of hydrogen-bond donors (Lipinski definition) is 2. The molecule has 1 aliphatic heterocycles. The molecule has 1 saturated carbocycles. The van der Waals surface area contributed by atoms with Gasteiger partial charge in [0.1, 0.15) is 5.69 Å². The van der Waals surface area contributed by atoms with Crippen molar-refractivity contribution < 1.29 is 9.59 Å². The third kappa shape index (κ3) is 5.16. The van der Waals surface area contributed by atoms with E-state index >= 15 is 0 Å². The van der Waals surface area contributed by atoms with Crippen molar-refractivity contribution >= 4 is 11.8 Å². The molecule has 26 heavy (non-hydrogen) atoms. The third-order valence-corrected chi connectivity index (χ3v) is 5.55. The number of H-pyrrole nitrogens is 1. The minimum Gasteiger partial charge on any atom is -0.353 e. The van der Waals surface area contributed by atoms with Crippen LogP contribution < -0.4 is 10.9 Å². The summed E-state index contributed by atoms with van der Waals surface area (Å²) in [4.78, 5) is 37.3. The molecule has 0 radical (unpaired) electrons. The van der Waals surface area contributed by atoms with E-state index in [0.29, 0.717) is 19.5 Å². The summed E-state index contributed by atoms with van der Waals surface area (Å²) in [7, 11) is 0. The summed E-state index contributed by atoms with van der Waals surface area (Å²) in [6.07, 6.45) is 9.63. The first-order valence-electron chi connectivity index (χ1n) is 9.76. The highest BCUT2D eigenvalue weighted by Crippen LogP contribution is 2.27. The van der Waals surface area contributed by atoms with E-state index in [1.807, 2.05) is 0 Å². The summed E-state index contributed by atoms with van der Waals surface area (Å²) < 4.78 is 0. The molecule has 2 N–H and O–H groups in total. The first-order valence-corrected chi connectivity index (χ1v) is 9.76. The summed E-state index contributed by atoms with van der Waals surface area (Å²) in [5.41, 5.74) is -0.0734. The summed E-state index contributed by atoms with van der Waals surface area (Å²) in [5.74, 6) is 0.685. The number of aromatic nitrogens is 2. The molecular formula is C19H28N4O3. The Morgan fingerprint density at radius 2 is 1.85 bits per heavy atom. The smallest absolute Gasteiger partial charge is 0.274 e. The number of likely N-dealkylation sites (tertiary alicyclic amines) is 1. The number of hydrogen-bond acceptors (Lipinski definition) is 4. The van der Waals surface area contributed by atoms with E-state index in [9.17, 15) is 14.4 Å². The number of amides is 2. The predicted molar refractivity (Wildman–Crippen MR) is 97.7 cm³/mol. The molecule has 1 aromatic heterocycles. The van der Waals surface area contributed by atoms with Crippen LogP contribution in [0.4, 0.5) is 0 Å². The summed E-state index contributed by atoms with van der Waals surface area (Å²) in [6.45, 7) is 1.18. The first kappa shape index (κ1) is 18.6. The third-order valence-electron chi connectivity index (χ3n) is 5.55. The molecule has 0 unspecified atom stereocenters. The molecule has 0 bridgehead atoms. The second-order valence-corrected chi connectivity index (χ2v) is 7.48. The molecule has 0 atom stereocenters. The van der Waals surface area contributed by atoms with Crippen LogP contribution in [0.3, 0.4) is 0 Å². The Balaban J connectivity index is 1.39. The van der Waals surface area contributed by atoms with E-state index in [1.165, 1.54) is 44.2 Å². The number of nitrogens with zero attached hydrogens (tertiary/aromatic N) is 2. The highest BCUT2D eigenvalue weighted by atomic mass is 16.2. The summed E-state index contributed by atoms with van der Waals surface area (Å²) in [6, 6.07) is 2.89. The van der Waals surface area contributed by atoms with Gasteiger partial charge < -0.3 is 10.2 Å². The van der Waals surface area contributed by atoms with Crippen LogP contribution in [0.15, 0.2) is 16.9 Å². The quantitative estimate of drug-likeness (QED) is 0.838. The van der Waals surface area contributed by atoms with Crippen molar-refractivity contribution in [3.63, 3.8) is 0 Å². The van der Waals surface area contributed by atoms with Crippen LogP contribution in [0, 0.1) is 5.92 Å². The van der Waals surface area contributed by atoms with Gasteiger partial charge in [0, 0.05) is 31.6 Å². The highest BCUT2D eigenvalue weighted by Gasteiger charge is 2.25. The Morgan fingerprint density at radius 1 is 1.12 bits per heavy atom. The number of piperidine rings is 1. The molecule has 0 spiro atoms. The summed E-state index contributed by atoms with van der Waals surface area (Å²) >= 11 is 0. The van der Waals surface area contributed by atoms with Crippen molar-refractivity contribution in [1.29, 1.82) is 0 Å². The number of rotatable bonds is 5. The Hall–Kier alpha value is -2.18. The SMILES string of the molecule is O=C(CCC1CCCCC1)NC1CCN(C(=O)c2ccc(=O)[nH]n2)CC1. The zero-order chi connectivity index (χ0) is 18.4. The molecule has 3 rings (SSSR count). The maximum Gasteiger partial charge on any atom is 0.274 e. The van der Waals surface area contributed by atoms with E-state index in [4.69, 9.17) is 0 Å². The second-order valence-electron chi connectivity index (χ2n) is 7.48. The molecule has 2 heterocycles. The van der Waals surface area contributed by atoms with Crippen LogP contribution in [-0.4, -0.2) is 46.0 Å². The van der Waals surface area contributed by atoms with Gasteiger partial charge in [0.05, 0.1) is 0 Å². The Bertz CT molecular complexity index is 653. The standard InChI is InChI=1S/C19H28N4O3/c24-17(8-6-14-4-2-1-3-5-14)20-15-10-12-23(13-11-15)19(26)16-7-9-18(25)22-21-16/h7,9,14-15H,1-6,8,10-13H2,(H,20,24)(H,22,25). The minimum atomic E-state index is -0.323. The van der Waals surface area contributed by atoms with E-state index in [-0.39, 0.29) is 29.1 Å². The maximum absolute atomic E-state index is 12.4. The summed E-state index contributed by atoms with van der Waals surface area (Å²) in [5, 5.41) is 9.20. The van der Waals surface area contributed by atoms with Gasteiger partial charge >= 0.3 is 0 Å². The zero-order valence-corrected chi connectivity index (χ0v) is 15.2. The van der Waals surface area contributed by atoms with Crippen molar-refractivity contribution in [2.45, 2.75) is 63.8 Å². The lowest BCUT2D eigenvalue weighted by molar-refractivity contribution is -0.122.